The molecule has 1 saturated heterocycles. The van der Waals surface area contributed by atoms with Crippen LogP contribution in [0, 0.1) is 0 Å². The predicted octanol–water partition coefficient (Wildman–Crippen LogP) is 0.261. The van der Waals surface area contributed by atoms with Gasteiger partial charge in [-0.25, -0.2) is 13.4 Å². The van der Waals surface area contributed by atoms with Gasteiger partial charge in [-0.15, -0.1) is 0 Å². The van der Waals surface area contributed by atoms with Crippen LogP contribution in [0.5, 0.6) is 0 Å². The number of sulfonamides is 1. The van der Waals surface area contributed by atoms with Crippen LogP contribution in [-0.4, -0.2) is 81.3 Å². The van der Waals surface area contributed by atoms with Crippen molar-refractivity contribution < 1.29 is 31.1 Å². The molecule has 168 valence electrons. The molecule has 3 rings (SSSR count). The van der Waals surface area contributed by atoms with E-state index >= 15 is 0 Å². The molecule has 0 spiro atoms. The number of carbonyl (C=O) groups excluding carboxylic acids is 1. The third-order valence-electron chi connectivity index (χ3n) is 5.03. The lowest BCUT2D eigenvalue weighted by Gasteiger charge is -2.46. The Kier molecular flexibility index (Phi) is 6.28. The molecule has 0 radical (unpaired) electrons. The monoisotopic (exact) mass is 451 g/mol. The van der Waals surface area contributed by atoms with Gasteiger partial charge in [-0.2, -0.15) is 17.5 Å². The summed E-state index contributed by atoms with van der Waals surface area (Å²) in [5.74, 6) is -0.510. The van der Waals surface area contributed by atoms with Crippen molar-refractivity contribution >= 4 is 27.4 Å². The maximum atomic E-state index is 13.0. The highest BCUT2D eigenvalue weighted by atomic mass is 32.2. The Morgan fingerprint density at radius 2 is 2.07 bits per heavy atom. The number of carbonyl (C=O) groups is 1. The molecule has 0 aromatic carbocycles. The second-order valence-electron chi connectivity index (χ2n) is 7.40. The molecule has 2 aliphatic heterocycles. The van der Waals surface area contributed by atoms with Crippen LogP contribution in [0.15, 0.2) is 12.3 Å². The lowest BCUT2D eigenvalue weighted by atomic mass is 10.1. The zero-order chi connectivity index (χ0) is 22.3. The van der Waals surface area contributed by atoms with E-state index in [2.05, 4.69) is 4.98 Å². The van der Waals surface area contributed by atoms with Gasteiger partial charge in [0.25, 0.3) is 5.91 Å². The van der Waals surface area contributed by atoms with Gasteiger partial charge in [-0.05, 0) is 13.0 Å². The summed E-state index contributed by atoms with van der Waals surface area (Å²) in [4.78, 5) is 19.4. The molecular formula is C17H24F3N5O4S. The molecule has 30 heavy (non-hydrogen) atoms. The topological polar surface area (TPSA) is 109 Å². The van der Waals surface area contributed by atoms with Gasteiger partial charge in [0.05, 0.1) is 30.2 Å². The van der Waals surface area contributed by atoms with Gasteiger partial charge in [0.2, 0.25) is 10.0 Å². The summed E-state index contributed by atoms with van der Waals surface area (Å²) in [5.41, 5.74) is 4.65. The lowest BCUT2D eigenvalue weighted by Crippen LogP contribution is -2.63. The van der Waals surface area contributed by atoms with Gasteiger partial charge in [0.1, 0.15) is 6.04 Å². The van der Waals surface area contributed by atoms with E-state index in [-0.39, 0.29) is 56.1 Å². The number of nitrogens with two attached hydrogens (primary N) is 1. The van der Waals surface area contributed by atoms with Crippen LogP contribution in [0.3, 0.4) is 0 Å². The molecule has 1 aromatic heterocycles. The molecule has 9 nitrogen and oxygen atoms in total. The number of amides is 1. The number of ether oxygens (including phenoxy) is 1. The molecule has 2 N–H and O–H groups in total. The van der Waals surface area contributed by atoms with E-state index in [0.717, 1.165) is 17.2 Å². The van der Waals surface area contributed by atoms with Gasteiger partial charge in [-0.3, -0.25) is 4.79 Å². The third-order valence-corrected chi connectivity index (χ3v) is 6.83. The highest BCUT2D eigenvalue weighted by Gasteiger charge is 2.44. The zero-order valence-corrected chi connectivity index (χ0v) is 17.4. The molecule has 1 unspecified atom stereocenters. The number of nitrogens with zero attached hydrogens (tertiary/aromatic N) is 4. The first-order valence-corrected chi connectivity index (χ1v) is 11.0. The summed E-state index contributed by atoms with van der Waals surface area (Å²) >= 11 is 0. The molecule has 2 aliphatic rings. The smallest absolute Gasteiger partial charge is 0.379 e. The summed E-state index contributed by atoms with van der Waals surface area (Å²) in [6.07, 6.45) is -3.86. The van der Waals surface area contributed by atoms with Gasteiger partial charge in [-0.1, -0.05) is 0 Å². The number of likely N-dealkylation sites (N-methyl/N-ethyl adjacent to an activating group) is 1. The van der Waals surface area contributed by atoms with Crippen LogP contribution in [0.1, 0.15) is 12.5 Å². The average Bonchev–Trinajstić information content (AvgIpc) is 2.67. The van der Waals surface area contributed by atoms with Gasteiger partial charge >= 0.3 is 6.18 Å². The number of aromatic nitrogens is 1. The van der Waals surface area contributed by atoms with E-state index in [1.54, 1.807) is 11.8 Å². The van der Waals surface area contributed by atoms with Crippen molar-refractivity contribution in [1.82, 2.24) is 9.29 Å². The summed E-state index contributed by atoms with van der Waals surface area (Å²) in [5, 5.41) is 0. The van der Waals surface area contributed by atoms with E-state index in [1.807, 2.05) is 0 Å². The molecule has 0 saturated carbocycles. The van der Waals surface area contributed by atoms with Crippen LogP contribution in [-0.2, 0) is 25.7 Å². The second kappa shape index (κ2) is 8.29. The highest BCUT2D eigenvalue weighted by molar-refractivity contribution is 7.89. The predicted molar refractivity (Wildman–Crippen MR) is 104 cm³/mol. The van der Waals surface area contributed by atoms with Crippen LogP contribution in [0.2, 0.25) is 0 Å². The molecule has 1 aromatic rings. The number of fused-ring (bicyclic) bond motifs is 3. The van der Waals surface area contributed by atoms with Crippen molar-refractivity contribution in [2.75, 3.05) is 55.4 Å². The Balaban J connectivity index is 1.77. The number of pyridine rings is 1. The molecule has 13 heteroatoms. The van der Waals surface area contributed by atoms with E-state index < -0.39 is 33.7 Å². The highest BCUT2D eigenvalue weighted by Crippen LogP contribution is 2.39. The Bertz CT molecular complexity index is 909. The third kappa shape index (κ3) is 4.53. The molecule has 1 fully saturated rings. The number of alkyl halides is 3. The van der Waals surface area contributed by atoms with Crippen molar-refractivity contribution in [2.24, 2.45) is 5.73 Å². The van der Waals surface area contributed by atoms with Crippen molar-refractivity contribution in [2.45, 2.75) is 25.2 Å². The minimum Gasteiger partial charge on any atom is -0.379 e. The number of piperazine rings is 1. The summed E-state index contributed by atoms with van der Waals surface area (Å²) in [6.45, 7) is 2.06. The molecule has 3 heterocycles. The first-order chi connectivity index (χ1) is 13.9. The first kappa shape index (κ1) is 22.7. The molecule has 1 amide bonds. The molecule has 0 bridgehead atoms. The fraction of sp³-hybridized carbons (Fsp3) is 0.647. The van der Waals surface area contributed by atoms with E-state index in [1.165, 1.54) is 11.4 Å². The van der Waals surface area contributed by atoms with Crippen molar-refractivity contribution in [3.63, 3.8) is 0 Å². The quantitative estimate of drug-likeness (QED) is 0.618. The second-order valence-corrected chi connectivity index (χ2v) is 9.49. The maximum absolute atomic E-state index is 13.0. The van der Waals surface area contributed by atoms with Crippen molar-refractivity contribution in [3.8, 4) is 0 Å². The molecular weight excluding hydrogens is 427 g/mol. The first-order valence-electron chi connectivity index (χ1n) is 9.34. The van der Waals surface area contributed by atoms with Gasteiger partial charge in [0, 0.05) is 38.9 Å². The largest absolute Gasteiger partial charge is 0.417 e. The zero-order valence-electron chi connectivity index (χ0n) is 16.6. The fourth-order valence-electron chi connectivity index (χ4n) is 3.45. The number of halogens is 3. The normalized spacial score (nSPS) is 21.4. The minimum absolute atomic E-state index is 0.0206. The van der Waals surface area contributed by atoms with E-state index in [0.29, 0.717) is 0 Å². The number of hydrogen-bond acceptors (Lipinski definition) is 7. The SMILES string of the molecule is C[C@H](N)COCCS(=O)(=O)N1CCN2c3ncc(C(F)(F)F)cc3N(C)C(=O)C2C1. The Hall–Kier alpha value is -1.96. The van der Waals surface area contributed by atoms with Gasteiger partial charge < -0.3 is 20.3 Å². The average molecular weight is 451 g/mol. The van der Waals surface area contributed by atoms with Gasteiger partial charge in [0.15, 0.2) is 5.82 Å². The van der Waals surface area contributed by atoms with Crippen molar-refractivity contribution in [1.29, 1.82) is 0 Å². The van der Waals surface area contributed by atoms with E-state index in [4.69, 9.17) is 10.5 Å². The van der Waals surface area contributed by atoms with Crippen LogP contribution >= 0.6 is 0 Å². The Morgan fingerprint density at radius 1 is 1.37 bits per heavy atom. The molecule has 0 aliphatic carbocycles. The fourth-order valence-corrected chi connectivity index (χ4v) is 4.76. The van der Waals surface area contributed by atoms with Crippen LogP contribution < -0.4 is 15.5 Å². The summed E-state index contributed by atoms with van der Waals surface area (Å²) in [6, 6.07) is -0.188. The maximum Gasteiger partial charge on any atom is 0.417 e. The Labute approximate surface area is 172 Å². The Morgan fingerprint density at radius 3 is 2.70 bits per heavy atom. The van der Waals surface area contributed by atoms with Crippen LogP contribution in [0.4, 0.5) is 24.7 Å². The number of anilines is 2. The lowest BCUT2D eigenvalue weighted by molar-refractivity contribution is -0.137. The van der Waals surface area contributed by atoms with Crippen molar-refractivity contribution in [3.05, 3.63) is 17.8 Å². The van der Waals surface area contributed by atoms with Crippen LogP contribution in [0.25, 0.3) is 0 Å². The standard InChI is InChI=1S/C17H24F3N5O4S/c1-11(21)10-29-5-6-30(27,28)24-3-4-25-14(9-24)16(26)23(2)13-7-12(17(18,19)20)8-22-15(13)25/h7-8,11,14H,3-6,9-10,21H2,1-2H3/t11-,14?/m0/s1. The molecule has 2 atom stereocenters. The number of hydrogen-bond donors (Lipinski definition) is 1. The summed E-state index contributed by atoms with van der Waals surface area (Å²) in [7, 11) is -2.32. The minimum atomic E-state index is -4.58. The number of rotatable bonds is 6. The summed E-state index contributed by atoms with van der Waals surface area (Å²) < 4.78 is 70.8. The van der Waals surface area contributed by atoms with E-state index in [9.17, 15) is 26.4 Å².